The first-order chi connectivity index (χ1) is 7.71. The molecule has 0 aromatic heterocycles. The first-order valence-electron chi connectivity index (χ1n) is 6.00. The molecule has 0 bridgehead atoms. The van der Waals surface area contributed by atoms with Crippen molar-refractivity contribution < 1.29 is 9.90 Å². The van der Waals surface area contributed by atoms with Gasteiger partial charge in [0.1, 0.15) is 5.60 Å². The molecule has 17 heavy (non-hydrogen) atoms. The van der Waals surface area contributed by atoms with E-state index in [9.17, 15) is 9.90 Å². The second kappa shape index (κ2) is 2.64. The van der Waals surface area contributed by atoms with Gasteiger partial charge in [-0.2, -0.15) is 0 Å². The van der Waals surface area contributed by atoms with Crippen molar-refractivity contribution in [2.24, 2.45) is 10.8 Å². The Morgan fingerprint density at radius 3 is 2.29 bits per heavy atom. The Morgan fingerprint density at radius 2 is 1.76 bits per heavy atom. The van der Waals surface area contributed by atoms with Crippen LogP contribution in [0, 0.1) is 17.8 Å². The quantitative estimate of drug-likeness (QED) is 0.692. The Hall–Kier alpha value is -1.15. The van der Waals surface area contributed by atoms with Crippen LogP contribution in [-0.4, -0.2) is 16.5 Å². The third-order valence-corrected chi connectivity index (χ3v) is 4.51. The van der Waals surface area contributed by atoms with E-state index >= 15 is 0 Å². The molecular formula is C15H17O2. The first kappa shape index (κ1) is 11.0. The predicted molar refractivity (Wildman–Crippen MR) is 66.1 cm³/mol. The lowest BCUT2D eigenvalue weighted by atomic mass is 9.66. The van der Waals surface area contributed by atoms with Crippen LogP contribution in [-0.2, 0) is 4.79 Å². The van der Waals surface area contributed by atoms with Gasteiger partial charge in [-0.3, -0.25) is 4.79 Å². The third kappa shape index (κ3) is 1.12. The normalized spacial score (nSPS) is 36.7. The number of ketones is 1. The van der Waals surface area contributed by atoms with E-state index in [1.165, 1.54) is 0 Å². The second-order valence-corrected chi connectivity index (χ2v) is 6.08. The number of carbonyl (C=O) groups excluding carboxylic acids is 1. The van der Waals surface area contributed by atoms with Gasteiger partial charge in [-0.15, -0.1) is 0 Å². The lowest BCUT2D eigenvalue weighted by Gasteiger charge is -2.39. The Bertz CT molecular complexity index is 477. The van der Waals surface area contributed by atoms with Gasteiger partial charge in [0.25, 0.3) is 0 Å². The SMILES string of the molecule is [CH2][C@]1(C)C=C2C(=C)C3(CC3)[C@@](C)(O)C(=O)C2=C1. The van der Waals surface area contributed by atoms with E-state index in [-0.39, 0.29) is 11.2 Å². The standard InChI is InChI=1S/C15H17O2/c1-9-10-7-13(2,3)8-11(10)12(16)14(4,17)15(9)5-6-15/h7-8,17H,1-2,5-6H2,3-4H3/t13-,14-/m0/s1. The molecule has 2 saturated carbocycles. The minimum absolute atomic E-state index is 0.166. The van der Waals surface area contributed by atoms with Gasteiger partial charge in [-0.05, 0) is 37.8 Å². The van der Waals surface area contributed by atoms with Crippen molar-refractivity contribution in [2.45, 2.75) is 32.3 Å². The van der Waals surface area contributed by atoms with Crippen molar-refractivity contribution in [1.29, 1.82) is 0 Å². The predicted octanol–water partition coefficient (Wildman–Crippen LogP) is 2.36. The summed E-state index contributed by atoms with van der Waals surface area (Å²) in [5.74, 6) is -0.166. The van der Waals surface area contributed by atoms with Gasteiger partial charge in [-0.25, -0.2) is 0 Å². The van der Waals surface area contributed by atoms with Crippen molar-refractivity contribution in [2.75, 3.05) is 0 Å². The van der Waals surface area contributed by atoms with Crippen molar-refractivity contribution in [3.05, 3.63) is 42.4 Å². The smallest absolute Gasteiger partial charge is 0.195 e. The van der Waals surface area contributed by atoms with E-state index in [2.05, 4.69) is 13.5 Å². The van der Waals surface area contributed by atoms with Crippen molar-refractivity contribution in [3.63, 3.8) is 0 Å². The molecule has 0 aliphatic heterocycles. The van der Waals surface area contributed by atoms with Crippen molar-refractivity contribution in [1.82, 2.24) is 0 Å². The molecular weight excluding hydrogens is 212 g/mol. The highest BCUT2D eigenvalue weighted by molar-refractivity contribution is 6.10. The van der Waals surface area contributed by atoms with E-state index in [0.29, 0.717) is 5.57 Å². The summed E-state index contributed by atoms with van der Waals surface area (Å²) in [6.45, 7) is 11.8. The molecule has 3 rings (SSSR count). The van der Waals surface area contributed by atoms with Crippen LogP contribution in [0.25, 0.3) is 0 Å². The van der Waals surface area contributed by atoms with E-state index in [4.69, 9.17) is 0 Å². The summed E-state index contributed by atoms with van der Waals surface area (Å²) in [5, 5.41) is 10.5. The number of carbonyl (C=O) groups is 1. The fourth-order valence-corrected chi connectivity index (χ4v) is 3.24. The molecule has 2 atom stereocenters. The van der Waals surface area contributed by atoms with Gasteiger partial charge in [0.05, 0.1) is 0 Å². The number of aliphatic hydroxyl groups is 1. The largest absolute Gasteiger partial charge is 0.381 e. The molecule has 1 radical (unpaired) electrons. The van der Waals surface area contributed by atoms with E-state index in [0.717, 1.165) is 24.0 Å². The maximum absolute atomic E-state index is 12.4. The van der Waals surface area contributed by atoms with Crippen LogP contribution in [0.4, 0.5) is 0 Å². The van der Waals surface area contributed by atoms with Gasteiger partial charge in [0.15, 0.2) is 5.78 Å². The summed E-state index contributed by atoms with van der Waals surface area (Å²) in [7, 11) is 0. The molecule has 1 N–H and O–H groups in total. The summed E-state index contributed by atoms with van der Waals surface area (Å²) in [6, 6.07) is 0. The zero-order valence-corrected chi connectivity index (χ0v) is 10.3. The van der Waals surface area contributed by atoms with E-state index in [1.807, 2.05) is 19.1 Å². The molecule has 0 heterocycles. The summed E-state index contributed by atoms with van der Waals surface area (Å²) in [6.07, 6.45) is 5.55. The Kier molecular flexibility index (Phi) is 1.70. The van der Waals surface area contributed by atoms with E-state index < -0.39 is 11.0 Å². The highest BCUT2D eigenvalue weighted by atomic mass is 16.3. The van der Waals surface area contributed by atoms with Crippen LogP contribution < -0.4 is 0 Å². The average molecular weight is 229 g/mol. The van der Waals surface area contributed by atoms with Crippen LogP contribution in [0.1, 0.15) is 26.7 Å². The molecule has 1 spiro atoms. The molecule has 0 aromatic rings. The number of fused-ring (bicyclic) bond motifs is 1. The molecule has 2 fully saturated rings. The zero-order chi connectivity index (χ0) is 12.6. The molecule has 3 aliphatic carbocycles. The second-order valence-electron chi connectivity index (χ2n) is 6.08. The lowest BCUT2D eigenvalue weighted by molar-refractivity contribution is -0.137. The number of Topliss-reactive ketones (excluding diaryl/α,β-unsaturated/α-hetero) is 1. The fourth-order valence-electron chi connectivity index (χ4n) is 3.24. The van der Waals surface area contributed by atoms with Crippen LogP contribution in [0.5, 0.6) is 0 Å². The van der Waals surface area contributed by atoms with Gasteiger partial charge in [-0.1, -0.05) is 25.7 Å². The molecule has 3 aliphatic rings. The van der Waals surface area contributed by atoms with Crippen LogP contribution in [0.2, 0.25) is 0 Å². The maximum atomic E-state index is 12.4. The van der Waals surface area contributed by atoms with Gasteiger partial charge >= 0.3 is 0 Å². The molecule has 2 heteroatoms. The number of hydrogen-bond donors (Lipinski definition) is 1. The van der Waals surface area contributed by atoms with Gasteiger partial charge < -0.3 is 5.11 Å². The molecule has 0 amide bonds. The number of rotatable bonds is 0. The minimum atomic E-state index is -1.30. The number of hydrogen-bond acceptors (Lipinski definition) is 2. The zero-order valence-electron chi connectivity index (χ0n) is 10.3. The summed E-state index contributed by atoms with van der Waals surface area (Å²) in [5.41, 5.74) is 0.369. The lowest BCUT2D eigenvalue weighted by Crippen LogP contribution is -2.50. The molecule has 89 valence electrons. The molecule has 2 nitrogen and oxygen atoms in total. The molecule has 0 saturated heterocycles. The van der Waals surface area contributed by atoms with Crippen LogP contribution in [0.3, 0.4) is 0 Å². The summed E-state index contributed by atoms with van der Waals surface area (Å²) >= 11 is 0. The van der Waals surface area contributed by atoms with Gasteiger partial charge in [0, 0.05) is 16.4 Å². The highest BCUT2D eigenvalue weighted by Crippen LogP contribution is 2.65. The Labute approximate surface area is 102 Å². The fraction of sp³-hybridized carbons (Fsp3) is 0.467. The van der Waals surface area contributed by atoms with Crippen molar-refractivity contribution >= 4 is 5.78 Å². The maximum Gasteiger partial charge on any atom is 0.195 e. The first-order valence-corrected chi connectivity index (χ1v) is 6.00. The minimum Gasteiger partial charge on any atom is -0.381 e. The highest BCUT2D eigenvalue weighted by Gasteiger charge is 2.66. The third-order valence-electron chi connectivity index (χ3n) is 4.51. The topological polar surface area (TPSA) is 37.3 Å². The average Bonchev–Trinajstić information content (AvgIpc) is 2.95. The summed E-state index contributed by atoms with van der Waals surface area (Å²) in [4.78, 5) is 12.4. The molecule has 0 unspecified atom stereocenters. The number of allylic oxidation sites excluding steroid dienone is 3. The van der Waals surface area contributed by atoms with Crippen LogP contribution in [0.15, 0.2) is 35.5 Å². The van der Waals surface area contributed by atoms with Crippen LogP contribution >= 0.6 is 0 Å². The van der Waals surface area contributed by atoms with Crippen molar-refractivity contribution in [3.8, 4) is 0 Å². The van der Waals surface area contributed by atoms with E-state index in [1.54, 1.807) is 6.92 Å². The van der Waals surface area contributed by atoms with Gasteiger partial charge in [0.2, 0.25) is 0 Å². The Balaban J connectivity index is 2.21. The Morgan fingerprint density at radius 1 is 1.24 bits per heavy atom. The summed E-state index contributed by atoms with van der Waals surface area (Å²) < 4.78 is 0. The monoisotopic (exact) mass is 229 g/mol. The molecule has 0 aromatic carbocycles.